The summed E-state index contributed by atoms with van der Waals surface area (Å²) in [7, 11) is 1.64. The van der Waals surface area contributed by atoms with Crippen molar-refractivity contribution in [2.75, 3.05) is 20.3 Å². The number of amides is 2. The number of aryl methyl sites for hydroxylation is 3. The van der Waals surface area contributed by atoms with Crippen LogP contribution in [-0.2, 0) is 17.8 Å². The van der Waals surface area contributed by atoms with Crippen molar-refractivity contribution in [1.82, 2.24) is 19.8 Å². The Hall–Kier alpha value is -2.34. The maximum absolute atomic E-state index is 12.7. The normalized spacial score (nSPS) is 11.5. The van der Waals surface area contributed by atoms with E-state index in [0.717, 1.165) is 12.4 Å². The standard InChI is InChI=1S/C22H34N4O2/c1-16-12-17(2)19(18(3)13-16)14-25-9-8-23-20(25)15-26(10-11-28-7)21(27)24-22(4,5)6/h8-9,12-13H,10-11,14-15H2,1-7H3,(H,24,27). The number of aromatic nitrogens is 2. The Morgan fingerprint density at radius 3 is 2.43 bits per heavy atom. The zero-order valence-corrected chi connectivity index (χ0v) is 18.3. The van der Waals surface area contributed by atoms with Crippen LogP contribution in [0, 0.1) is 20.8 Å². The van der Waals surface area contributed by atoms with E-state index in [9.17, 15) is 4.79 Å². The third kappa shape index (κ3) is 6.09. The number of ether oxygens (including phenoxy) is 1. The second-order valence-electron chi connectivity index (χ2n) is 8.44. The quantitative estimate of drug-likeness (QED) is 0.787. The molecule has 1 heterocycles. The van der Waals surface area contributed by atoms with E-state index in [2.05, 4.69) is 47.8 Å². The predicted octanol–water partition coefficient (Wildman–Crippen LogP) is 3.81. The molecule has 0 aliphatic carbocycles. The first-order valence-electron chi connectivity index (χ1n) is 9.73. The molecule has 0 aliphatic rings. The first-order valence-corrected chi connectivity index (χ1v) is 9.73. The zero-order chi connectivity index (χ0) is 20.9. The Labute approximate surface area is 168 Å². The van der Waals surface area contributed by atoms with E-state index in [-0.39, 0.29) is 11.6 Å². The molecular weight excluding hydrogens is 352 g/mol. The average molecular weight is 387 g/mol. The molecule has 6 heteroatoms. The van der Waals surface area contributed by atoms with Gasteiger partial charge >= 0.3 is 6.03 Å². The Bertz CT molecular complexity index is 782. The maximum atomic E-state index is 12.7. The number of urea groups is 1. The lowest BCUT2D eigenvalue weighted by atomic mass is 10.00. The summed E-state index contributed by atoms with van der Waals surface area (Å²) in [5, 5.41) is 3.03. The van der Waals surface area contributed by atoms with Gasteiger partial charge in [0.05, 0.1) is 13.2 Å². The van der Waals surface area contributed by atoms with Crippen molar-refractivity contribution in [2.24, 2.45) is 0 Å². The number of nitrogens with zero attached hydrogens (tertiary/aromatic N) is 3. The number of carbonyl (C=O) groups excluding carboxylic acids is 1. The van der Waals surface area contributed by atoms with E-state index in [0.29, 0.717) is 19.7 Å². The summed E-state index contributed by atoms with van der Waals surface area (Å²) in [6, 6.07) is 4.31. The molecule has 1 aromatic carbocycles. The van der Waals surface area contributed by atoms with Gasteiger partial charge in [0.1, 0.15) is 5.82 Å². The number of nitrogens with one attached hydrogen (secondary N) is 1. The third-order valence-corrected chi connectivity index (χ3v) is 4.64. The Morgan fingerprint density at radius 2 is 1.86 bits per heavy atom. The van der Waals surface area contributed by atoms with E-state index in [4.69, 9.17) is 4.74 Å². The lowest BCUT2D eigenvalue weighted by Crippen LogP contribution is -2.49. The smallest absolute Gasteiger partial charge is 0.318 e. The number of benzene rings is 1. The second-order valence-corrected chi connectivity index (χ2v) is 8.44. The van der Waals surface area contributed by atoms with Crippen LogP contribution >= 0.6 is 0 Å². The summed E-state index contributed by atoms with van der Waals surface area (Å²) in [5.41, 5.74) is 4.83. The highest BCUT2D eigenvalue weighted by Gasteiger charge is 2.21. The largest absolute Gasteiger partial charge is 0.383 e. The van der Waals surface area contributed by atoms with Crippen LogP contribution in [-0.4, -0.2) is 46.3 Å². The molecule has 6 nitrogen and oxygen atoms in total. The Kier molecular flexibility index (Phi) is 7.24. The van der Waals surface area contributed by atoms with E-state index in [1.807, 2.05) is 27.0 Å². The average Bonchev–Trinajstić information content (AvgIpc) is 3.00. The number of imidazole rings is 1. The van der Waals surface area contributed by atoms with Gasteiger partial charge in [0, 0.05) is 38.1 Å². The van der Waals surface area contributed by atoms with Gasteiger partial charge in [-0.3, -0.25) is 0 Å². The molecule has 0 saturated heterocycles. The van der Waals surface area contributed by atoms with Gasteiger partial charge < -0.3 is 19.5 Å². The lowest BCUT2D eigenvalue weighted by Gasteiger charge is -2.28. The lowest BCUT2D eigenvalue weighted by molar-refractivity contribution is 0.140. The minimum atomic E-state index is -0.298. The maximum Gasteiger partial charge on any atom is 0.318 e. The molecule has 2 aromatic rings. The number of hydrogen-bond donors (Lipinski definition) is 1. The van der Waals surface area contributed by atoms with Crippen molar-refractivity contribution < 1.29 is 9.53 Å². The molecule has 0 aliphatic heterocycles. The van der Waals surface area contributed by atoms with Gasteiger partial charge in [-0.15, -0.1) is 0 Å². The molecule has 1 aromatic heterocycles. The van der Waals surface area contributed by atoms with Gasteiger partial charge in [-0.2, -0.15) is 0 Å². The first-order chi connectivity index (χ1) is 13.1. The van der Waals surface area contributed by atoms with Crippen molar-refractivity contribution >= 4 is 6.03 Å². The van der Waals surface area contributed by atoms with Crippen LogP contribution in [0.3, 0.4) is 0 Å². The van der Waals surface area contributed by atoms with Gasteiger partial charge in [0.2, 0.25) is 0 Å². The second kappa shape index (κ2) is 9.24. The van der Waals surface area contributed by atoms with Gasteiger partial charge in [-0.25, -0.2) is 9.78 Å². The summed E-state index contributed by atoms with van der Waals surface area (Å²) in [4.78, 5) is 19.0. The van der Waals surface area contributed by atoms with E-state index < -0.39 is 0 Å². The molecule has 28 heavy (non-hydrogen) atoms. The van der Waals surface area contributed by atoms with Crippen LogP contribution in [0.2, 0.25) is 0 Å². The van der Waals surface area contributed by atoms with Crippen LogP contribution in [0.15, 0.2) is 24.5 Å². The van der Waals surface area contributed by atoms with Gasteiger partial charge in [0.15, 0.2) is 0 Å². The molecule has 154 valence electrons. The molecule has 0 saturated carbocycles. The third-order valence-electron chi connectivity index (χ3n) is 4.64. The predicted molar refractivity (Wildman–Crippen MR) is 113 cm³/mol. The number of rotatable bonds is 7. The molecule has 0 fully saturated rings. The van der Waals surface area contributed by atoms with Crippen LogP contribution < -0.4 is 5.32 Å². The fraction of sp³-hybridized carbons (Fsp3) is 0.545. The summed E-state index contributed by atoms with van der Waals surface area (Å²) >= 11 is 0. The van der Waals surface area contributed by atoms with Crippen molar-refractivity contribution in [3.05, 3.63) is 52.6 Å². The van der Waals surface area contributed by atoms with Gasteiger partial charge in [-0.05, 0) is 58.2 Å². The highest BCUT2D eigenvalue weighted by Crippen LogP contribution is 2.19. The minimum Gasteiger partial charge on any atom is -0.383 e. The summed E-state index contributed by atoms with van der Waals surface area (Å²) < 4.78 is 7.31. The number of methoxy groups -OCH3 is 1. The Balaban J connectivity index is 2.21. The van der Waals surface area contributed by atoms with Crippen LogP contribution in [0.4, 0.5) is 4.79 Å². The monoisotopic (exact) mass is 386 g/mol. The molecule has 2 amide bonds. The summed E-state index contributed by atoms with van der Waals surface area (Å²) in [5.74, 6) is 0.861. The van der Waals surface area contributed by atoms with E-state index >= 15 is 0 Å². The Morgan fingerprint density at radius 1 is 1.21 bits per heavy atom. The topological polar surface area (TPSA) is 59.4 Å². The SMILES string of the molecule is COCCN(Cc1nccn1Cc1c(C)cc(C)cc1C)C(=O)NC(C)(C)C. The van der Waals surface area contributed by atoms with Gasteiger partial charge in [0.25, 0.3) is 0 Å². The molecule has 0 spiro atoms. The number of carbonyl (C=O) groups is 1. The number of hydrogen-bond acceptors (Lipinski definition) is 3. The molecule has 0 bridgehead atoms. The summed E-state index contributed by atoms with van der Waals surface area (Å²) in [6.07, 6.45) is 3.77. The molecule has 1 N–H and O–H groups in total. The van der Waals surface area contributed by atoms with E-state index in [1.165, 1.54) is 22.3 Å². The van der Waals surface area contributed by atoms with E-state index in [1.54, 1.807) is 18.2 Å². The fourth-order valence-electron chi connectivity index (χ4n) is 3.29. The highest BCUT2D eigenvalue weighted by molar-refractivity contribution is 5.74. The molecule has 0 radical (unpaired) electrons. The van der Waals surface area contributed by atoms with Crippen LogP contribution in [0.1, 0.15) is 48.8 Å². The molecular formula is C22H34N4O2. The van der Waals surface area contributed by atoms with Crippen molar-refractivity contribution in [2.45, 2.75) is 60.2 Å². The molecule has 2 rings (SSSR count). The zero-order valence-electron chi connectivity index (χ0n) is 18.3. The van der Waals surface area contributed by atoms with Crippen LogP contribution in [0.25, 0.3) is 0 Å². The highest BCUT2D eigenvalue weighted by atomic mass is 16.5. The minimum absolute atomic E-state index is 0.109. The van der Waals surface area contributed by atoms with Crippen molar-refractivity contribution in [1.29, 1.82) is 0 Å². The van der Waals surface area contributed by atoms with Crippen molar-refractivity contribution in [3.63, 3.8) is 0 Å². The summed E-state index contributed by atoms with van der Waals surface area (Å²) in [6.45, 7) is 14.5. The fourth-order valence-corrected chi connectivity index (χ4v) is 3.29. The molecule has 0 unspecified atom stereocenters. The molecule has 0 atom stereocenters. The van der Waals surface area contributed by atoms with Crippen molar-refractivity contribution in [3.8, 4) is 0 Å². The van der Waals surface area contributed by atoms with Crippen LogP contribution in [0.5, 0.6) is 0 Å². The first kappa shape index (κ1) is 22.0. The van der Waals surface area contributed by atoms with Gasteiger partial charge in [-0.1, -0.05) is 17.7 Å².